The van der Waals surface area contributed by atoms with Crippen LogP contribution in [0.15, 0.2) is 18.2 Å². The van der Waals surface area contributed by atoms with E-state index in [9.17, 15) is 0 Å². The highest BCUT2D eigenvalue weighted by molar-refractivity contribution is 5.75. The summed E-state index contributed by atoms with van der Waals surface area (Å²) in [6.45, 7) is 3.18. The molecule has 0 saturated carbocycles. The predicted octanol–water partition coefficient (Wildman–Crippen LogP) is 1.79. The minimum atomic E-state index is 0.541. The highest BCUT2D eigenvalue weighted by Crippen LogP contribution is 2.33. The van der Waals surface area contributed by atoms with Gasteiger partial charge in [-0.1, -0.05) is 13.0 Å². The summed E-state index contributed by atoms with van der Waals surface area (Å²) >= 11 is 0. The van der Waals surface area contributed by atoms with Crippen LogP contribution in [0.1, 0.15) is 24.7 Å². The zero-order valence-corrected chi connectivity index (χ0v) is 12.1. The third-order valence-corrected chi connectivity index (χ3v) is 3.98. The second kappa shape index (κ2) is 4.74. The van der Waals surface area contributed by atoms with Crippen LogP contribution in [0.3, 0.4) is 0 Å². The normalized spacial score (nSPS) is 13.8. The summed E-state index contributed by atoms with van der Waals surface area (Å²) in [6.07, 6.45) is 2.92. The Morgan fingerprint density at radius 1 is 1.35 bits per heavy atom. The Morgan fingerprint density at radius 2 is 2.15 bits per heavy atom. The van der Waals surface area contributed by atoms with Crippen LogP contribution >= 0.6 is 0 Å². The van der Waals surface area contributed by atoms with Crippen molar-refractivity contribution in [2.45, 2.75) is 26.2 Å². The molecule has 5 heteroatoms. The first-order chi connectivity index (χ1) is 9.61. The molecule has 0 amide bonds. The zero-order valence-electron chi connectivity index (χ0n) is 12.1. The van der Waals surface area contributed by atoms with Gasteiger partial charge in [0.15, 0.2) is 5.82 Å². The van der Waals surface area contributed by atoms with Crippen molar-refractivity contribution in [2.75, 3.05) is 30.1 Å². The van der Waals surface area contributed by atoms with E-state index < -0.39 is 0 Å². The second-order valence-electron chi connectivity index (χ2n) is 5.40. The number of nitrogen functional groups attached to an aromatic ring is 2. The molecular formula is C15H21N5. The number of rotatable bonds is 3. The molecule has 3 rings (SSSR count). The van der Waals surface area contributed by atoms with Crippen LogP contribution in [0.25, 0.3) is 11.3 Å². The lowest BCUT2D eigenvalue weighted by Gasteiger charge is -2.11. The molecule has 1 aromatic heterocycles. The van der Waals surface area contributed by atoms with Crippen molar-refractivity contribution >= 4 is 11.5 Å². The summed E-state index contributed by atoms with van der Waals surface area (Å²) in [5, 5.41) is 0. The predicted molar refractivity (Wildman–Crippen MR) is 83.2 cm³/mol. The summed E-state index contributed by atoms with van der Waals surface area (Å²) in [4.78, 5) is 6.88. The molecule has 1 aliphatic heterocycles. The minimum Gasteiger partial charge on any atom is -0.382 e. The molecule has 5 nitrogen and oxygen atoms in total. The Kier molecular flexibility index (Phi) is 3.04. The molecule has 1 aliphatic rings. The van der Waals surface area contributed by atoms with Crippen LogP contribution in [0.5, 0.6) is 0 Å². The van der Waals surface area contributed by atoms with Crippen molar-refractivity contribution in [3.8, 4) is 11.3 Å². The second-order valence-corrected chi connectivity index (χ2v) is 5.40. The van der Waals surface area contributed by atoms with Gasteiger partial charge in [0.25, 0.3) is 0 Å². The molecule has 0 aliphatic carbocycles. The zero-order chi connectivity index (χ0) is 14.3. The average Bonchev–Trinajstić information content (AvgIpc) is 2.95. The molecule has 0 spiro atoms. The van der Waals surface area contributed by atoms with Gasteiger partial charge in [0.2, 0.25) is 0 Å². The first kappa shape index (κ1) is 12.8. The SMILES string of the molecule is CCCc1nc(-c2ccc3c(c2)CCN3C)c(N)n1N. The number of hydrogen-bond acceptors (Lipinski definition) is 4. The van der Waals surface area contributed by atoms with E-state index in [1.54, 1.807) is 0 Å². The van der Waals surface area contributed by atoms with Gasteiger partial charge in [-0.05, 0) is 30.5 Å². The van der Waals surface area contributed by atoms with E-state index in [0.29, 0.717) is 5.82 Å². The number of hydrogen-bond donors (Lipinski definition) is 2. The van der Waals surface area contributed by atoms with E-state index in [4.69, 9.17) is 11.6 Å². The number of likely N-dealkylation sites (N-methyl/N-ethyl adjacent to an activating group) is 1. The Balaban J connectivity index is 2.04. The maximum atomic E-state index is 6.10. The van der Waals surface area contributed by atoms with Crippen molar-refractivity contribution in [2.24, 2.45) is 0 Å². The number of imidazole rings is 1. The lowest BCUT2D eigenvalue weighted by molar-refractivity contribution is 0.794. The quantitative estimate of drug-likeness (QED) is 0.835. The fourth-order valence-electron chi connectivity index (χ4n) is 2.82. The van der Waals surface area contributed by atoms with E-state index in [-0.39, 0.29) is 0 Å². The molecule has 0 unspecified atom stereocenters. The van der Waals surface area contributed by atoms with Crippen LogP contribution in [0.4, 0.5) is 11.5 Å². The molecule has 4 N–H and O–H groups in total. The van der Waals surface area contributed by atoms with Gasteiger partial charge in [0.1, 0.15) is 11.5 Å². The molecule has 0 radical (unpaired) electrons. The van der Waals surface area contributed by atoms with E-state index >= 15 is 0 Å². The molecular weight excluding hydrogens is 250 g/mol. The number of nitrogens with two attached hydrogens (primary N) is 2. The van der Waals surface area contributed by atoms with Crippen LogP contribution in [-0.4, -0.2) is 23.3 Å². The molecule has 0 fully saturated rings. The monoisotopic (exact) mass is 271 g/mol. The van der Waals surface area contributed by atoms with Crippen LogP contribution < -0.4 is 16.5 Å². The van der Waals surface area contributed by atoms with Crippen molar-refractivity contribution in [1.29, 1.82) is 0 Å². The molecule has 2 heterocycles. The van der Waals surface area contributed by atoms with E-state index in [1.165, 1.54) is 15.9 Å². The average molecular weight is 271 g/mol. The number of fused-ring (bicyclic) bond motifs is 1. The summed E-state index contributed by atoms with van der Waals surface area (Å²) in [6, 6.07) is 6.41. The highest BCUT2D eigenvalue weighted by atomic mass is 15.4. The van der Waals surface area contributed by atoms with Crippen LogP contribution in [0, 0.1) is 0 Å². The Labute approximate surface area is 119 Å². The number of anilines is 2. The fourth-order valence-corrected chi connectivity index (χ4v) is 2.82. The number of nitrogens with zero attached hydrogens (tertiary/aromatic N) is 3. The minimum absolute atomic E-state index is 0.541. The van der Waals surface area contributed by atoms with E-state index in [2.05, 4.69) is 42.1 Å². The number of benzene rings is 1. The standard InChI is InChI=1S/C15H21N5/c1-3-4-13-18-14(15(16)20(13)17)11-5-6-12-10(9-11)7-8-19(12)2/h5-6,9H,3-4,7-8,16-17H2,1-2H3. The molecule has 0 atom stereocenters. The Hall–Kier alpha value is -2.17. The van der Waals surface area contributed by atoms with Crippen molar-refractivity contribution in [1.82, 2.24) is 9.66 Å². The fraction of sp³-hybridized carbons (Fsp3) is 0.400. The van der Waals surface area contributed by atoms with Crippen molar-refractivity contribution < 1.29 is 0 Å². The lowest BCUT2D eigenvalue weighted by Crippen LogP contribution is -2.15. The maximum Gasteiger partial charge on any atom is 0.150 e. The number of aryl methyl sites for hydroxylation is 1. The molecule has 0 saturated heterocycles. The first-order valence-electron chi connectivity index (χ1n) is 7.08. The molecule has 2 aromatic rings. The Bertz CT molecular complexity index is 644. The van der Waals surface area contributed by atoms with Gasteiger partial charge in [-0.3, -0.25) is 0 Å². The van der Waals surface area contributed by atoms with Gasteiger partial charge < -0.3 is 16.5 Å². The van der Waals surface area contributed by atoms with E-state index in [0.717, 1.165) is 42.9 Å². The summed E-state index contributed by atoms with van der Waals surface area (Å²) in [5.41, 5.74) is 10.6. The largest absolute Gasteiger partial charge is 0.382 e. The van der Waals surface area contributed by atoms with E-state index in [1.807, 2.05) is 0 Å². The smallest absolute Gasteiger partial charge is 0.150 e. The van der Waals surface area contributed by atoms with Gasteiger partial charge in [0, 0.05) is 31.3 Å². The first-order valence-corrected chi connectivity index (χ1v) is 7.08. The van der Waals surface area contributed by atoms with Gasteiger partial charge in [-0.2, -0.15) is 0 Å². The van der Waals surface area contributed by atoms with Gasteiger partial charge >= 0.3 is 0 Å². The van der Waals surface area contributed by atoms with Gasteiger partial charge in [-0.15, -0.1) is 0 Å². The Morgan fingerprint density at radius 3 is 2.90 bits per heavy atom. The summed E-state index contributed by atoms with van der Waals surface area (Å²) < 4.78 is 1.51. The molecule has 106 valence electrons. The maximum absolute atomic E-state index is 6.10. The van der Waals surface area contributed by atoms with Crippen LogP contribution in [-0.2, 0) is 12.8 Å². The van der Waals surface area contributed by atoms with Gasteiger partial charge in [-0.25, -0.2) is 9.66 Å². The highest BCUT2D eigenvalue weighted by Gasteiger charge is 2.19. The van der Waals surface area contributed by atoms with Crippen molar-refractivity contribution in [3.05, 3.63) is 29.6 Å². The third kappa shape index (κ3) is 1.90. The third-order valence-electron chi connectivity index (χ3n) is 3.98. The molecule has 20 heavy (non-hydrogen) atoms. The van der Waals surface area contributed by atoms with Gasteiger partial charge in [0.05, 0.1) is 0 Å². The lowest BCUT2D eigenvalue weighted by atomic mass is 10.1. The topological polar surface area (TPSA) is 73.1 Å². The summed E-state index contributed by atoms with van der Waals surface area (Å²) in [7, 11) is 2.12. The molecule has 0 bridgehead atoms. The molecule has 1 aromatic carbocycles. The summed E-state index contributed by atoms with van der Waals surface area (Å²) in [5.74, 6) is 7.37. The van der Waals surface area contributed by atoms with Crippen LogP contribution in [0.2, 0.25) is 0 Å². The number of aromatic nitrogens is 2. The van der Waals surface area contributed by atoms with Crippen molar-refractivity contribution in [3.63, 3.8) is 0 Å².